The van der Waals surface area contributed by atoms with E-state index in [4.69, 9.17) is 0 Å². The molecule has 0 saturated carbocycles. The summed E-state index contributed by atoms with van der Waals surface area (Å²) in [5.41, 5.74) is 0.593. The normalized spacial score (nSPS) is 15.1. The maximum atomic E-state index is 12.0. The summed E-state index contributed by atoms with van der Waals surface area (Å²) in [5.74, 6) is 0. The first-order chi connectivity index (χ1) is 10.4. The summed E-state index contributed by atoms with van der Waals surface area (Å²) in [4.78, 5) is 16.4. The van der Waals surface area contributed by atoms with Crippen molar-refractivity contribution < 1.29 is 9.90 Å². The Morgan fingerprint density at radius 2 is 2.27 bits per heavy atom. The Bertz CT molecular complexity index is 608. The van der Waals surface area contributed by atoms with Crippen LogP contribution in [0.15, 0.2) is 22.2 Å². The number of aryl methyl sites for hydroxylation is 1. The van der Waals surface area contributed by atoms with Crippen LogP contribution in [0.1, 0.15) is 43.1 Å². The van der Waals surface area contributed by atoms with Gasteiger partial charge in [0.2, 0.25) is 0 Å². The summed E-state index contributed by atoms with van der Waals surface area (Å²) in [5, 5.41) is 22.7. The minimum atomic E-state index is -1.07. The van der Waals surface area contributed by atoms with Crippen LogP contribution in [0.25, 0.3) is 0 Å². The SMILES string of the molecule is CCc1nc(C(C)NC(=O)NCC(C)(O)c2ccsc2)cs1. The molecular formula is C15H21N3O2S2. The molecule has 0 fully saturated rings. The van der Waals surface area contributed by atoms with Crippen LogP contribution in [0.4, 0.5) is 4.79 Å². The van der Waals surface area contributed by atoms with Gasteiger partial charge >= 0.3 is 6.03 Å². The van der Waals surface area contributed by atoms with Crippen LogP contribution in [0.3, 0.4) is 0 Å². The molecule has 2 aromatic heterocycles. The van der Waals surface area contributed by atoms with Crippen molar-refractivity contribution >= 4 is 28.7 Å². The molecule has 0 aliphatic carbocycles. The van der Waals surface area contributed by atoms with E-state index in [1.165, 1.54) is 11.3 Å². The van der Waals surface area contributed by atoms with Crippen LogP contribution in [0.5, 0.6) is 0 Å². The molecule has 120 valence electrons. The van der Waals surface area contributed by atoms with Crippen LogP contribution in [0, 0.1) is 0 Å². The first kappa shape index (κ1) is 16.9. The van der Waals surface area contributed by atoms with Crippen molar-refractivity contribution in [3.05, 3.63) is 38.5 Å². The number of carbonyl (C=O) groups is 1. The van der Waals surface area contributed by atoms with Crippen molar-refractivity contribution in [1.29, 1.82) is 0 Å². The number of urea groups is 1. The van der Waals surface area contributed by atoms with Gasteiger partial charge in [-0.2, -0.15) is 11.3 Å². The number of aliphatic hydroxyl groups is 1. The summed E-state index contributed by atoms with van der Waals surface area (Å²) in [6, 6.07) is 1.38. The minimum Gasteiger partial charge on any atom is -0.384 e. The van der Waals surface area contributed by atoms with Crippen molar-refractivity contribution in [2.45, 2.75) is 38.8 Å². The number of hydrogen-bond acceptors (Lipinski definition) is 5. The highest BCUT2D eigenvalue weighted by Crippen LogP contribution is 2.22. The van der Waals surface area contributed by atoms with Crippen LogP contribution in [-0.4, -0.2) is 22.7 Å². The van der Waals surface area contributed by atoms with E-state index >= 15 is 0 Å². The second kappa shape index (κ2) is 7.21. The fraction of sp³-hybridized carbons (Fsp3) is 0.467. The molecule has 0 bridgehead atoms. The van der Waals surface area contributed by atoms with Gasteiger partial charge in [-0.15, -0.1) is 11.3 Å². The molecule has 2 atom stereocenters. The number of carbonyl (C=O) groups excluding carboxylic acids is 1. The van der Waals surface area contributed by atoms with E-state index in [0.29, 0.717) is 0 Å². The van der Waals surface area contributed by atoms with Crippen LogP contribution >= 0.6 is 22.7 Å². The second-order valence-corrected chi connectivity index (χ2v) is 7.08. The highest BCUT2D eigenvalue weighted by atomic mass is 32.1. The third kappa shape index (κ3) is 4.28. The van der Waals surface area contributed by atoms with E-state index in [0.717, 1.165) is 22.7 Å². The summed E-state index contributed by atoms with van der Waals surface area (Å²) >= 11 is 3.12. The Hall–Kier alpha value is -1.44. The quantitative estimate of drug-likeness (QED) is 0.757. The molecule has 3 N–H and O–H groups in total. The van der Waals surface area contributed by atoms with Crippen molar-refractivity contribution in [3.63, 3.8) is 0 Å². The summed E-state index contributed by atoms with van der Waals surface area (Å²) < 4.78 is 0. The van der Waals surface area contributed by atoms with Gasteiger partial charge in [-0.05, 0) is 42.7 Å². The first-order valence-corrected chi connectivity index (χ1v) is 8.98. The molecule has 7 heteroatoms. The van der Waals surface area contributed by atoms with Crippen molar-refractivity contribution in [2.75, 3.05) is 6.54 Å². The van der Waals surface area contributed by atoms with E-state index in [1.54, 1.807) is 18.3 Å². The first-order valence-electron chi connectivity index (χ1n) is 7.16. The van der Waals surface area contributed by atoms with Crippen LogP contribution in [-0.2, 0) is 12.0 Å². The smallest absolute Gasteiger partial charge is 0.315 e. The third-order valence-corrected chi connectivity index (χ3v) is 5.09. The molecule has 0 radical (unpaired) electrons. The van der Waals surface area contributed by atoms with E-state index in [9.17, 15) is 9.90 Å². The van der Waals surface area contributed by atoms with Gasteiger partial charge in [-0.3, -0.25) is 0 Å². The van der Waals surface area contributed by atoms with Gasteiger partial charge in [0.15, 0.2) is 0 Å². The number of aromatic nitrogens is 1. The van der Waals surface area contributed by atoms with Gasteiger partial charge in [0.25, 0.3) is 0 Å². The van der Waals surface area contributed by atoms with Crippen molar-refractivity contribution in [3.8, 4) is 0 Å². The molecule has 2 unspecified atom stereocenters. The molecule has 0 aliphatic rings. The number of rotatable bonds is 6. The zero-order chi connectivity index (χ0) is 16.2. The average molecular weight is 339 g/mol. The van der Waals surface area contributed by atoms with E-state index < -0.39 is 5.60 Å². The Balaban J connectivity index is 1.85. The molecule has 0 spiro atoms. The lowest BCUT2D eigenvalue weighted by molar-refractivity contribution is 0.0597. The fourth-order valence-electron chi connectivity index (χ4n) is 1.93. The molecule has 2 heterocycles. The minimum absolute atomic E-state index is 0.152. The Morgan fingerprint density at radius 1 is 1.50 bits per heavy atom. The summed E-state index contributed by atoms with van der Waals surface area (Å²) in [7, 11) is 0. The molecule has 5 nitrogen and oxygen atoms in total. The monoisotopic (exact) mass is 339 g/mol. The van der Waals surface area contributed by atoms with Crippen LogP contribution < -0.4 is 10.6 Å². The predicted octanol–water partition coefficient (Wildman–Crippen LogP) is 3.03. The Morgan fingerprint density at radius 3 is 2.86 bits per heavy atom. The lowest BCUT2D eigenvalue weighted by atomic mass is 9.99. The number of amides is 2. The second-order valence-electron chi connectivity index (χ2n) is 5.35. The fourth-order valence-corrected chi connectivity index (χ4v) is 3.55. The zero-order valence-electron chi connectivity index (χ0n) is 12.9. The van der Waals surface area contributed by atoms with Crippen molar-refractivity contribution in [1.82, 2.24) is 15.6 Å². The maximum absolute atomic E-state index is 12.0. The van der Waals surface area contributed by atoms with E-state index in [1.807, 2.05) is 29.1 Å². The maximum Gasteiger partial charge on any atom is 0.315 e. The van der Waals surface area contributed by atoms with Crippen LogP contribution in [0.2, 0.25) is 0 Å². The van der Waals surface area contributed by atoms with Gasteiger partial charge in [0.1, 0.15) is 5.60 Å². The molecule has 2 rings (SSSR count). The Kier molecular flexibility index (Phi) is 5.55. The number of thiazole rings is 1. The van der Waals surface area contributed by atoms with Gasteiger partial charge in [-0.1, -0.05) is 6.92 Å². The lowest BCUT2D eigenvalue weighted by Gasteiger charge is -2.23. The number of thiophene rings is 1. The van der Waals surface area contributed by atoms with Gasteiger partial charge in [0.05, 0.1) is 23.3 Å². The largest absolute Gasteiger partial charge is 0.384 e. The van der Waals surface area contributed by atoms with E-state index in [-0.39, 0.29) is 18.6 Å². The number of hydrogen-bond donors (Lipinski definition) is 3. The lowest BCUT2D eigenvalue weighted by Crippen LogP contribution is -2.44. The highest BCUT2D eigenvalue weighted by Gasteiger charge is 2.24. The molecule has 0 aromatic carbocycles. The molecule has 22 heavy (non-hydrogen) atoms. The average Bonchev–Trinajstić information content (AvgIpc) is 3.16. The van der Waals surface area contributed by atoms with Gasteiger partial charge < -0.3 is 15.7 Å². The summed E-state index contributed by atoms with van der Waals surface area (Å²) in [6.45, 7) is 5.79. The van der Waals surface area contributed by atoms with E-state index in [2.05, 4.69) is 22.5 Å². The zero-order valence-corrected chi connectivity index (χ0v) is 14.6. The molecule has 0 saturated heterocycles. The standard InChI is InChI=1S/C15H21N3O2S2/c1-4-13-18-12(8-22-13)10(2)17-14(19)16-9-15(3,20)11-5-6-21-7-11/h5-8,10,20H,4,9H2,1-3H3,(H2,16,17,19). The Labute approximate surface area is 138 Å². The molecule has 2 aromatic rings. The molecular weight excluding hydrogens is 318 g/mol. The topological polar surface area (TPSA) is 74.2 Å². The highest BCUT2D eigenvalue weighted by molar-refractivity contribution is 7.09. The third-order valence-electron chi connectivity index (χ3n) is 3.40. The number of nitrogens with zero attached hydrogens (tertiary/aromatic N) is 1. The molecule has 0 aliphatic heterocycles. The number of nitrogens with one attached hydrogen (secondary N) is 2. The van der Waals surface area contributed by atoms with Crippen molar-refractivity contribution in [2.24, 2.45) is 0 Å². The van der Waals surface area contributed by atoms with Gasteiger partial charge in [-0.25, -0.2) is 9.78 Å². The molecule has 2 amide bonds. The summed E-state index contributed by atoms with van der Waals surface area (Å²) in [6.07, 6.45) is 0.896. The predicted molar refractivity (Wildman–Crippen MR) is 90.3 cm³/mol. The van der Waals surface area contributed by atoms with Gasteiger partial charge in [0, 0.05) is 5.38 Å².